The van der Waals surface area contributed by atoms with Crippen molar-refractivity contribution in [1.29, 1.82) is 0 Å². The van der Waals surface area contributed by atoms with Crippen LogP contribution in [0, 0.1) is 0 Å². The number of carbonyl (C=O) groups excluding carboxylic acids is 1. The summed E-state index contributed by atoms with van der Waals surface area (Å²) >= 11 is 0. The van der Waals surface area contributed by atoms with Crippen molar-refractivity contribution in [2.75, 3.05) is 43.5 Å². The number of halogens is 2. The number of pyridine rings is 1. The molecule has 5 rings (SSSR count). The fraction of sp³-hybridized carbons (Fsp3) is 0.538. The van der Waals surface area contributed by atoms with Gasteiger partial charge in [-0.1, -0.05) is 0 Å². The number of piperidine rings is 2. The van der Waals surface area contributed by atoms with Crippen molar-refractivity contribution in [2.24, 2.45) is 0 Å². The summed E-state index contributed by atoms with van der Waals surface area (Å²) in [5.41, 5.74) is 1.46. The summed E-state index contributed by atoms with van der Waals surface area (Å²) in [7, 11) is 1.30. The molecule has 0 aliphatic carbocycles. The van der Waals surface area contributed by atoms with Crippen molar-refractivity contribution in [2.45, 2.75) is 57.2 Å². The zero-order chi connectivity index (χ0) is 26.9. The molecule has 2 aliphatic rings. The lowest BCUT2D eigenvalue weighted by Crippen LogP contribution is -2.52. The van der Waals surface area contributed by atoms with E-state index in [1.54, 1.807) is 12.3 Å². The molecule has 5 heterocycles. The smallest absolute Gasteiger partial charge is 0.290 e. The number of methoxy groups -OCH3 is 1. The lowest BCUT2D eigenvalue weighted by atomic mass is 10.0. The van der Waals surface area contributed by atoms with E-state index in [0.717, 1.165) is 36.8 Å². The molecule has 0 bridgehead atoms. The first kappa shape index (κ1) is 26.2. The van der Waals surface area contributed by atoms with Gasteiger partial charge in [0.05, 0.1) is 17.6 Å². The number of amides is 1. The number of alkyl halides is 2. The Labute approximate surface area is 220 Å². The Morgan fingerprint density at radius 3 is 2.71 bits per heavy atom. The molecule has 38 heavy (non-hydrogen) atoms. The lowest BCUT2D eigenvalue weighted by Gasteiger charge is -2.37. The van der Waals surface area contributed by atoms with E-state index in [2.05, 4.69) is 44.7 Å². The van der Waals surface area contributed by atoms with E-state index in [1.807, 2.05) is 16.8 Å². The monoisotopic (exact) mass is 528 g/mol. The Bertz CT molecular complexity index is 1290. The number of carbonyl (C=O) groups is 1. The SMILES string of the molecule is COC1CCN(c2nccc(Nc3cc4c(cn3)c(C(=O)NC3CCNCC3)cn4C(C)C)n2)CC1(F)F. The highest BCUT2D eigenvalue weighted by Gasteiger charge is 2.45. The molecule has 1 atom stereocenters. The Morgan fingerprint density at radius 2 is 2.00 bits per heavy atom. The maximum Gasteiger partial charge on any atom is 0.290 e. The fourth-order valence-electron chi connectivity index (χ4n) is 5.13. The van der Waals surface area contributed by atoms with Crippen LogP contribution in [0.4, 0.5) is 26.4 Å². The standard InChI is InChI=1S/C26H34F2N8O2/c1-16(2)36-14-19(24(37)32-17-4-8-29-9-5-17)18-13-31-23(12-20(18)36)33-22-6-10-30-25(34-22)35-11-7-21(38-3)26(27,28)15-35/h6,10,12-14,16-17,21,29H,4-5,7-9,11,15H2,1-3H3,(H,32,37)(H,30,31,33,34). The lowest BCUT2D eigenvalue weighted by molar-refractivity contribution is -0.129. The highest BCUT2D eigenvalue weighted by atomic mass is 19.3. The predicted octanol–water partition coefficient (Wildman–Crippen LogP) is 3.49. The molecule has 3 N–H and O–H groups in total. The first-order valence-corrected chi connectivity index (χ1v) is 13.0. The molecule has 1 unspecified atom stereocenters. The topological polar surface area (TPSA) is 109 Å². The number of hydrogen-bond donors (Lipinski definition) is 3. The van der Waals surface area contributed by atoms with E-state index in [1.165, 1.54) is 18.2 Å². The van der Waals surface area contributed by atoms with Crippen molar-refractivity contribution >= 4 is 34.4 Å². The Hall–Kier alpha value is -3.38. The molecule has 2 saturated heterocycles. The van der Waals surface area contributed by atoms with Crippen molar-refractivity contribution in [3.8, 4) is 0 Å². The van der Waals surface area contributed by atoms with Gasteiger partial charge in [0.2, 0.25) is 5.95 Å². The van der Waals surface area contributed by atoms with Gasteiger partial charge in [-0.05, 0) is 52.3 Å². The fourth-order valence-corrected chi connectivity index (χ4v) is 5.13. The number of anilines is 3. The van der Waals surface area contributed by atoms with Gasteiger partial charge in [-0.25, -0.2) is 18.7 Å². The van der Waals surface area contributed by atoms with Gasteiger partial charge in [0, 0.05) is 55.8 Å². The normalized spacial score (nSPS) is 20.2. The summed E-state index contributed by atoms with van der Waals surface area (Å²) in [5, 5.41) is 10.4. The van der Waals surface area contributed by atoms with Gasteiger partial charge in [-0.2, -0.15) is 4.98 Å². The number of hydrogen-bond acceptors (Lipinski definition) is 8. The molecule has 0 spiro atoms. The molecule has 0 radical (unpaired) electrons. The van der Waals surface area contributed by atoms with Gasteiger partial charge in [-0.3, -0.25) is 4.79 Å². The number of aromatic nitrogens is 4. The second-order valence-corrected chi connectivity index (χ2v) is 10.2. The van der Waals surface area contributed by atoms with Gasteiger partial charge >= 0.3 is 0 Å². The van der Waals surface area contributed by atoms with Crippen LogP contribution in [0.15, 0.2) is 30.7 Å². The minimum Gasteiger partial charge on any atom is -0.375 e. The van der Waals surface area contributed by atoms with E-state index in [4.69, 9.17) is 4.74 Å². The Kier molecular flexibility index (Phi) is 7.44. The van der Waals surface area contributed by atoms with Crippen LogP contribution in [0.5, 0.6) is 0 Å². The van der Waals surface area contributed by atoms with Crippen LogP contribution in [0.3, 0.4) is 0 Å². The third-order valence-electron chi connectivity index (χ3n) is 7.19. The van der Waals surface area contributed by atoms with E-state index in [9.17, 15) is 13.6 Å². The number of ether oxygens (including phenoxy) is 1. The Balaban J connectivity index is 1.37. The van der Waals surface area contributed by atoms with Gasteiger partial charge in [0.25, 0.3) is 11.8 Å². The molecule has 2 fully saturated rings. The number of rotatable bonds is 7. The van der Waals surface area contributed by atoms with Gasteiger partial charge < -0.3 is 30.2 Å². The van der Waals surface area contributed by atoms with Crippen LogP contribution < -0.4 is 20.9 Å². The summed E-state index contributed by atoms with van der Waals surface area (Å²) in [6, 6.07) is 3.81. The summed E-state index contributed by atoms with van der Waals surface area (Å²) < 4.78 is 35.8. The van der Waals surface area contributed by atoms with Crippen molar-refractivity contribution in [3.63, 3.8) is 0 Å². The molecule has 0 saturated carbocycles. The molecule has 3 aromatic heterocycles. The second-order valence-electron chi connectivity index (χ2n) is 10.2. The summed E-state index contributed by atoms with van der Waals surface area (Å²) in [5.74, 6) is -1.92. The van der Waals surface area contributed by atoms with Gasteiger partial charge in [0.15, 0.2) is 0 Å². The first-order valence-electron chi connectivity index (χ1n) is 13.0. The summed E-state index contributed by atoms with van der Waals surface area (Å²) in [6.07, 6.45) is 5.98. The molecule has 1 amide bonds. The number of fused-ring (bicyclic) bond motifs is 1. The average Bonchev–Trinajstić information content (AvgIpc) is 3.28. The first-order chi connectivity index (χ1) is 18.2. The quantitative estimate of drug-likeness (QED) is 0.428. The van der Waals surface area contributed by atoms with Crippen molar-refractivity contribution in [3.05, 3.63) is 36.3 Å². The van der Waals surface area contributed by atoms with Crippen LogP contribution in [-0.2, 0) is 4.74 Å². The minimum atomic E-state index is -2.99. The summed E-state index contributed by atoms with van der Waals surface area (Å²) in [4.78, 5) is 27.8. The largest absolute Gasteiger partial charge is 0.375 e. The van der Waals surface area contributed by atoms with Crippen LogP contribution in [0.2, 0.25) is 0 Å². The zero-order valence-electron chi connectivity index (χ0n) is 21.9. The Morgan fingerprint density at radius 1 is 1.21 bits per heavy atom. The van der Waals surface area contributed by atoms with E-state index in [-0.39, 0.29) is 30.4 Å². The maximum absolute atomic E-state index is 14.4. The average molecular weight is 529 g/mol. The number of nitrogens with zero attached hydrogens (tertiary/aromatic N) is 5. The van der Waals surface area contributed by atoms with Crippen LogP contribution in [0.25, 0.3) is 10.9 Å². The van der Waals surface area contributed by atoms with Gasteiger partial charge in [0.1, 0.15) is 17.7 Å². The maximum atomic E-state index is 14.4. The van der Waals surface area contributed by atoms with Crippen molar-refractivity contribution in [1.82, 2.24) is 30.2 Å². The zero-order valence-corrected chi connectivity index (χ0v) is 21.9. The molecule has 3 aromatic rings. The second kappa shape index (κ2) is 10.8. The van der Waals surface area contributed by atoms with Crippen LogP contribution in [0.1, 0.15) is 49.5 Å². The third-order valence-corrected chi connectivity index (χ3v) is 7.19. The molecular formula is C26H34F2N8O2. The summed E-state index contributed by atoms with van der Waals surface area (Å²) in [6.45, 7) is 5.76. The number of nitrogens with one attached hydrogen (secondary N) is 3. The molecule has 0 aromatic carbocycles. The molecule has 10 nitrogen and oxygen atoms in total. The molecule has 2 aliphatic heterocycles. The highest BCUT2D eigenvalue weighted by Crippen LogP contribution is 2.32. The molecular weight excluding hydrogens is 494 g/mol. The molecule has 204 valence electrons. The van der Waals surface area contributed by atoms with Gasteiger partial charge in [-0.15, -0.1) is 0 Å². The highest BCUT2D eigenvalue weighted by molar-refractivity contribution is 6.07. The van der Waals surface area contributed by atoms with Crippen LogP contribution in [-0.4, -0.2) is 76.8 Å². The predicted molar refractivity (Wildman–Crippen MR) is 141 cm³/mol. The third kappa shape index (κ3) is 5.41. The van der Waals surface area contributed by atoms with Crippen molar-refractivity contribution < 1.29 is 18.3 Å². The van der Waals surface area contributed by atoms with E-state index in [0.29, 0.717) is 23.7 Å². The van der Waals surface area contributed by atoms with E-state index >= 15 is 0 Å². The molecule has 12 heteroatoms. The van der Waals surface area contributed by atoms with Crippen LogP contribution >= 0.6 is 0 Å². The van der Waals surface area contributed by atoms with E-state index < -0.39 is 18.6 Å². The minimum absolute atomic E-state index is 0.0988.